The van der Waals surface area contributed by atoms with Gasteiger partial charge in [-0.3, -0.25) is 9.59 Å². The molecule has 1 fully saturated rings. The standard InChI is InChI=1S/C26H27N5O2/c1-31-22-10-6-5-9-21(22)24-18(15-23(31)32)16-27-26(30-24)29-20-13-11-17(12-14-20)25(33)28-19-7-3-2-4-8-19/h5-6,9-14,16,19H,2-4,7-8,15H2,1H3,(H,28,33)(H,27,29,30). The van der Waals surface area contributed by atoms with Crippen LogP contribution >= 0.6 is 0 Å². The molecule has 2 amide bonds. The predicted octanol–water partition coefficient (Wildman–Crippen LogP) is 4.47. The fourth-order valence-corrected chi connectivity index (χ4v) is 4.56. The summed E-state index contributed by atoms with van der Waals surface area (Å²) < 4.78 is 0. The molecular weight excluding hydrogens is 414 g/mol. The lowest BCUT2D eigenvalue weighted by molar-refractivity contribution is -0.117. The molecule has 0 saturated heterocycles. The Kier molecular flexibility index (Phi) is 5.77. The summed E-state index contributed by atoms with van der Waals surface area (Å²) in [5, 5.41) is 6.37. The van der Waals surface area contributed by atoms with Gasteiger partial charge in [-0.15, -0.1) is 0 Å². The van der Waals surface area contributed by atoms with E-state index in [-0.39, 0.29) is 24.3 Å². The summed E-state index contributed by atoms with van der Waals surface area (Å²) in [4.78, 5) is 35.9. The summed E-state index contributed by atoms with van der Waals surface area (Å²) >= 11 is 0. The number of carbonyl (C=O) groups excluding carboxylic acids is 2. The van der Waals surface area contributed by atoms with Crippen LogP contribution in [0.4, 0.5) is 17.3 Å². The Labute approximate surface area is 193 Å². The molecule has 1 aromatic heterocycles. The topological polar surface area (TPSA) is 87.2 Å². The second kappa shape index (κ2) is 9.02. The molecule has 1 aliphatic heterocycles. The molecule has 7 nitrogen and oxygen atoms in total. The molecule has 1 aliphatic carbocycles. The van der Waals surface area contributed by atoms with Gasteiger partial charge in [-0.1, -0.05) is 37.5 Å². The van der Waals surface area contributed by atoms with Crippen LogP contribution in [-0.2, 0) is 11.2 Å². The SMILES string of the molecule is CN1C(=O)Cc2cnc(Nc3ccc(C(=O)NC4CCCCC4)cc3)nc2-c2ccccc21. The number of hydrogen-bond donors (Lipinski definition) is 2. The Morgan fingerprint density at radius 2 is 1.79 bits per heavy atom. The van der Waals surface area contributed by atoms with Gasteiger partial charge in [0.1, 0.15) is 0 Å². The highest BCUT2D eigenvalue weighted by molar-refractivity contribution is 6.01. The average molecular weight is 442 g/mol. The number of likely N-dealkylation sites (N-methyl/N-ethyl adjacent to an activating group) is 1. The third kappa shape index (κ3) is 4.44. The molecule has 2 heterocycles. The van der Waals surface area contributed by atoms with Crippen LogP contribution in [0.1, 0.15) is 48.0 Å². The van der Waals surface area contributed by atoms with E-state index in [9.17, 15) is 9.59 Å². The van der Waals surface area contributed by atoms with Gasteiger partial charge in [0.25, 0.3) is 5.91 Å². The van der Waals surface area contributed by atoms with Gasteiger partial charge in [0.2, 0.25) is 11.9 Å². The Balaban J connectivity index is 1.34. The van der Waals surface area contributed by atoms with Crippen molar-refractivity contribution in [1.82, 2.24) is 15.3 Å². The van der Waals surface area contributed by atoms with Crippen molar-refractivity contribution in [1.29, 1.82) is 0 Å². The van der Waals surface area contributed by atoms with E-state index in [1.165, 1.54) is 19.3 Å². The number of amides is 2. The van der Waals surface area contributed by atoms with Crippen molar-refractivity contribution in [3.05, 3.63) is 65.9 Å². The van der Waals surface area contributed by atoms with Gasteiger partial charge >= 0.3 is 0 Å². The number of fused-ring (bicyclic) bond motifs is 3. The van der Waals surface area contributed by atoms with Crippen molar-refractivity contribution >= 4 is 29.1 Å². The van der Waals surface area contributed by atoms with Gasteiger partial charge in [-0.25, -0.2) is 9.97 Å². The first-order valence-electron chi connectivity index (χ1n) is 11.5. The van der Waals surface area contributed by atoms with E-state index in [1.54, 1.807) is 18.1 Å². The number of hydrogen-bond acceptors (Lipinski definition) is 5. The third-order valence-corrected chi connectivity index (χ3v) is 6.44. The highest BCUT2D eigenvalue weighted by Crippen LogP contribution is 2.35. The highest BCUT2D eigenvalue weighted by atomic mass is 16.2. The number of para-hydroxylation sites is 1. The second-order valence-electron chi connectivity index (χ2n) is 8.72. The number of nitrogens with zero attached hydrogens (tertiary/aromatic N) is 3. The van der Waals surface area contributed by atoms with Gasteiger partial charge < -0.3 is 15.5 Å². The lowest BCUT2D eigenvalue weighted by Crippen LogP contribution is -2.36. The molecule has 0 spiro atoms. The molecule has 2 aliphatic rings. The molecule has 0 radical (unpaired) electrons. The van der Waals surface area contributed by atoms with Crippen molar-refractivity contribution in [2.24, 2.45) is 0 Å². The van der Waals surface area contributed by atoms with Crippen LogP contribution in [0.3, 0.4) is 0 Å². The minimum atomic E-state index is -0.0277. The smallest absolute Gasteiger partial charge is 0.251 e. The zero-order chi connectivity index (χ0) is 22.8. The van der Waals surface area contributed by atoms with Crippen LogP contribution in [0.5, 0.6) is 0 Å². The molecule has 168 valence electrons. The van der Waals surface area contributed by atoms with E-state index in [4.69, 9.17) is 4.98 Å². The first-order chi connectivity index (χ1) is 16.1. The van der Waals surface area contributed by atoms with Crippen LogP contribution < -0.4 is 15.5 Å². The average Bonchev–Trinajstić information content (AvgIpc) is 2.95. The predicted molar refractivity (Wildman–Crippen MR) is 129 cm³/mol. The molecule has 1 saturated carbocycles. The number of aromatic nitrogens is 2. The van der Waals surface area contributed by atoms with Crippen LogP contribution in [0.2, 0.25) is 0 Å². The van der Waals surface area contributed by atoms with Crippen molar-refractivity contribution in [3.8, 4) is 11.3 Å². The molecule has 2 aromatic carbocycles. The summed E-state index contributed by atoms with van der Waals surface area (Å²) in [5.74, 6) is 0.424. The van der Waals surface area contributed by atoms with Crippen LogP contribution in [0, 0.1) is 0 Å². The Hall–Kier alpha value is -3.74. The van der Waals surface area contributed by atoms with Gasteiger partial charge in [0.05, 0.1) is 17.8 Å². The minimum Gasteiger partial charge on any atom is -0.349 e. The summed E-state index contributed by atoms with van der Waals surface area (Å²) in [7, 11) is 1.78. The maximum absolute atomic E-state index is 12.6. The van der Waals surface area contributed by atoms with E-state index < -0.39 is 0 Å². The van der Waals surface area contributed by atoms with Crippen molar-refractivity contribution in [3.63, 3.8) is 0 Å². The zero-order valence-corrected chi connectivity index (χ0v) is 18.7. The molecule has 0 unspecified atom stereocenters. The second-order valence-corrected chi connectivity index (χ2v) is 8.72. The number of nitrogens with one attached hydrogen (secondary N) is 2. The van der Waals surface area contributed by atoms with E-state index >= 15 is 0 Å². The van der Waals surface area contributed by atoms with Crippen LogP contribution in [-0.4, -0.2) is 34.9 Å². The molecule has 0 bridgehead atoms. The lowest BCUT2D eigenvalue weighted by atomic mass is 9.95. The van der Waals surface area contributed by atoms with Crippen LogP contribution in [0.25, 0.3) is 11.3 Å². The first kappa shape index (κ1) is 21.1. The quantitative estimate of drug-likeness (QED) is 0.624. The fraction of sp³-hybridized carbons (Fsp3) is 0.308. The third-order valence-electron chi connectivity index (χ3n) is 6.44. The summed E-state index contributed by atoms with van der Waals surface area (Å²) in [6.45, 7) is 0. The fourth-order valence-electron chi connectivity index (χ4n) is 4.56. The van der Waals surface area contributed by atoms with E-state index in [2.05, 4.69) is 15.6 Å². The number of anilines is 3. The van der Waals surface area contributed by atoms with Gasteiger partial charge in [-0.05, 0) is 43.2 Å². The molecule has 7 heteroatoms. The van der Waals surface area contributed by atoms with E-state index in [1.807, 2.05) is 48.5 Å². The van der Waals surface area contributed by atoms with Crippen molar-refractivity contribution in [2.75, 3.05) is 17.3 Å². The number of benzene rings is 2. The lowest BCUT2D eigenvalue weighted by Gasteiger charge is -2.22. The first-order valence-corrected chi connectivity index (χ1v) is 11.5. The minimum absolute atomic E-state index is 0.00704. The molecule has 3 aromatic rings. The molecule has 0 atom stereocenters. The van der Waals surface area contributed by atoms with Gasteiger partial charge in [0.15, 0.2) is 0 Å². The number of carbonyl (C=O) groups is 2. The summed E-state index contributed by atoms with van der Waals surface area (Å²) in [5.41, 5.74) is 4.73. The van der Waals surface area contributed by atoms with Crippen molar-refractivity contribution in [2.45, 2.75) is 44.6 Å². The summed E-state index contributed by atoms with van der Waals surface area (Å²) in [6.07, 6.45) is 7.72. The highest BCUT2D eigenvalue weighted by Gasteiger charge is 2.24. The van der Waals surface area contributed by atoms with E-state index in [0.29, 0.717) is 11.5 Å². The normalized spacial score (nSPS) is 15.9. The van der Waals surface area contributed by atoms with E-state index in [0.717, 1.165) is 41.0 Å². The Morgan fingerprint density at radius 3 is 2.58 bits per heavy atom. The molecule has 5 rings (SSSR count). The molecule has 2 N–H and O–H groups in total. The van der Waals surface area contributed by atoms with Gasteiger partial charge in [-0.2, -0.15) is 0 Å². The Bertz CT molecular complexity index is 1190. The van der Waals surface area contributed by atoms with Crippen molar-refractivity contribution < 1.29 is 9.59 Å². The summed E-state index contributed by atoms with van der Waals surface area (Å²) in [6, 6.07) is 15.4. The number of rotatable bonds is 4. The monoisotopic (exact) mass is 441 g/mol. The maximum atomic E-state index is 12.6. The Morgan fingerprint density at radius 1 is 1.03 bits per heavy atom. The zero-order valence-electron chi connectivity index (χ0n) is 18.7. The molecule has 33 heavy (non-hydrogen) atoms. The van der Waals surface area contributed by atoms with Crippen LogP contribution in [0.15, 0.2) is 54.7 Å². The largest absolute Gasteiger partial charge is 0.349 e. The maximum Gasteiger partial charge on any atom is 0.251 e. The molecular formula is C26H27N5O2. The van der Waals surface area contributed by atoms with Gasteiger partial charge in [0, 0.05) is 41.7 Å².